The summed E-state index contributed by atoms with van der Waals surface area (Å²) in [5.74, 6) is 0. The monoisotopic (exact) mass is 249 g/mol. The minimum absolute atomic E-state index is 0.656. The lowest BCUT2D eigenvalue weighted by molar-refractivity contribution is 1.31. The summed E-state index contributed by atoms with van der Waals surface area (Å²) in [6, 6.07) is 17.5. The highest BCUT2D eigenvalue weighted by Gasteiger charge is 1.98. The highest BCUT2D eigenvalue weighted by Crippen LogP contribution is 2.10. The maximum Gasteiger partial charge on any atom is 0.0991 e. The average molecular weight is 249 g/mol. The lowest BCUT2D eigenvalue weighted by Gasteiger charge is -2.04. The minimum Gasteiger partial charge on any atom is -0.278 e. The molecule has 3 nitrogen and oxygen atoms in total. The zero-order chi connectivity index (χ0) is 13.7. The molecule has 0 spiro atoms. The second kappa shape index (κ2) is 5.83. The highest BCUT2D eigenvalue weighted by atomic mass is 15.3. The van der Waals surface area contributed by atoms with Crippen molar-refractivity contribution in [3.05, 3.63) is 65.2 Å². The summed E-state index contributed by atoms with van der Waals surface area (Å²) in [5.41, 5.74) is 7.73. The van der Waals surface area contributed by atoms with Gasteiger partial charge in [0.05, 0.1) is 23.0 Å². The second-order valence-electron chi connectivity index (χ2n) is 4.36. The molecule has 0 amide bonds. The molecule has 0 aliphatic carbocycles. The first-order valence-electron chi connectivity index (χ1n) is 6.06. The van der Waals surface area contributed by atoms with E-state index in [9.17, 15) is 0 Å². The predicted octanol–water partition coefficient (Wildman–Crippen LogP) is 3.70. The number of nitriles is 1. The van der Waals surface area contributed by atoms with Gasteiger partial charge in [-0.3, -0.25) is 5.43 Å². The van der Waals surface area contributed by atoms with Crippen molar-refractivity contribution in [2.24, 2.45) is 5.10 Å². The Balaban J connectivity index is 2.10. The van der Waals surface area contributed by atoms with Gasteiger partial charge in [0, 0.05) is 0 Å². The first-order valence-corrected chi connectivity index (χ1v) is 6.06. The van der Waals surface area contributed by atoms with Crippen LogP contribution in [0.25, 0.3) is 0 Å². The molecular weight excluding hydrogens is 234 g/mol. The van der Waals surface area contributed by atoms with Crippen LogP contribution in [0.2, 0.25) is 0 Å². The van der Waals surface area contributed by atoms with Gasteiger partial charge in [-0.05, 0) is 43.7 Å². The molecule has 0 heterocycles. The fourth-order valence-corrected chi connectivity index (χ4v) is 1.63. The van der Waals surface area contributed by atoms with Gasteiger partial charge in [0.1, 0.15) is 0 Å². The van der Waals surface area contributed by atoms with Crippen molar-refractivity contribution in [1.82, 2.24) is 0 Å². The third kappa shape index (κ3) is 3.43. The maximum absolute atomic E-state index is 8.75. The predicted molar refractivity (Wildman–Crippen MR) is 78.2 cm³/mol. The summed E-state index contributed by atoms with van der Waals surface area (Å²) in [5, 5.41) is 13.1. The number of hydrogen-bond donors (Lipinski definition) is 1. The molecule has 2 aromatic rings. The summed E-state index contributed by atoms with van der Waals surface area (Å²) in [4.78, 5) is 0. The Labute approximate surface area is 113 Å². The molecule has 0 fully saturated rings. The molecule has 2 aromatic carbocycles. The molecule has 0 aliphatic rings. The number of hydrogen-bond acceptors (Lipinski definition) is 3. The number of anilines is 1. The maximum atomic E-state index is 8.75. The second-order valence-corrected chi connectivity index (χ2v) is 4.36. The van der Waals surface area contributed by atoms with E-state index < -0.39 is 0 Å². The van der Waals surface area contributed by atoms with Gasteiger partial charge in [0.25, 0.3) is 0 Å². The van der Waals surface area contributed by atoms with Crippen LogP contribution in [0, 0.1) is 18.3 Å². The Morgan fingerprint density at radius 2 is 1.68 bits per heavy atom. The van der Waals surface area contributed by atoms with E-state index in [4.69, 9.17) is 5.26 Å². The van der Waals surface area contributed by atoms with E-state index in [1.165, 1.54) is 5.56 Å². The summed E-state index contributed by atoms with van der Waals surface area (Å²) in [7, 11) is 0. The van der Waals surface area contributed by atoms with Crippen molar-refractivity contribution >= 4 is 11.4 Å². The SMILES string of the molecule is C/C(=N/Nc1ccc(C)cc1)c1ccc(C#N)cc1. The molecule has 0 saturated carbocycles. The van der Waals surface area contributed by atoms with Crippen molar-refractivity contribution in [2.45, 2.75) is 13.8 Å². The number of nitrogens with one attached hydrogen (secondary N) is 1. The van der Waals surface area contributed by atoms with E-state index >= 15 is 0 Å². The summed E-state index contributed by atoms with van der Waals surface area (Å²) in [6.45, 7) is 3.98. The average Bonchev–Trinajstić information content (AvgIpc) is 2.46. The van der Waals surface area contributed by atoms with Crippen LogP contribution in [0.1, 0.15) is 23.6 Å². The smallest absolute Gasteiger partial charge is 0.0991 e. The molecule has 0 aliphatic heterocycles. The topological polar surface area (TPSA) is 48.2 Å². The van der Waals surface area contributed by atoms with Crippen LogP contribution >= 0.6 is 0 Å². The molecule has 0 aromatic heterocycles. The van der Waals surface area contributed by atoms with Crippen LogP contribution in [-0.4, -0.2) is 5.71 Å². The Bertz CT molecular complexity index is 617. The lowest BCUT2D eigenvalue weighted by Crippen LogP contribution is -1.99. The summed E-state index contributed by atoms with van der Waals surface area (Å²) in [6.07, 6.45) is 0. The van der Waals surface area contributed by atoms with E-state index in [1.54, 1.807) is 12.1 Å². The van der Waals surface area contributed by atoms with E-state index in [1.807, 2.05) is 43.3 Å². The van der Waals surface area contributed by atoms with Crippen molar-refractivity contribution in [3.63, 3.8) is 0 Å². The van der Waals surface area contributed by atoms with Crippen LogP contribution in [0.3, 0.4) is 0 Å². The largest absolute Gasteiger partial charge is 0.278 e. The Morgan fingerprint density at radius 1 is 1.05 bits per heavy atom. The van der Waals surface area contributed by atoms with Gasteiger partial charge in [-0.15, -0.1) is 0 Å². The molecule has 0 bridgehead atoms. The molecule has 0 atom stereocenters. The van der Waals surface area contributed by atoms with E-state index in [0.29, 0.717) is 5.56 Å². The third-order valence-corrected chi connectivity index (χ3v) is 2.84. The standard InChI is InChI=1S/C16H15N3/c1-12-3-9-16(10-4-12)19-18-13(2)15-7-5-14(11-17)6-8-15/h3-10,19H,1-2H3/b18-13-. The van der Waals surface area contributed by atoms with Crippen molar-refractivity contribution in [2.75, 3.05) is 5.43 Å². The molecule has 0 saturated heterocycles. The fraction of sp³-hybridized carbons (Fsp3) is 0.125. The zero-order valence-corrected chi connectivity index (χ0v) is 11.0. The van der Waals surface area contributed by atoms with Crippen LogP contribution < -0.4 is 5.43 Å². The van der Waals surface area contributed by atoms with Gasteiger partial charge in [0.2, 0.25) is 0 Å². The first-order chi connectivity index (χ1) is 9.19. The zero-order valence-electron chi connectivity index (χ0n) is 11.0. The summed E-state index contributed by atoms with van der Waals surface area (Å²) >= 11 is 0. The van der Waals surface area contributed by atoms with Crippen molar-refractivity contribution < 1.29 is 0 Å². The first kappa shape index (κ1) is 12.8. The number of nitrogens with zero attached hydrogens (tertiary/aromatic N) is 2. The van der Waals surface area contributed by atoms with Gasteiger partial charge in [0.15, 0.2) is 0 Å². The summed E-state index contributed by atoms with van der Waals surface area (Å²) < 4.78 is 0. The Hall–Kier alpha value is -2.60. The molecule has 94 valence electrons. The van der Waals surface area contributed by atoms with Gasteiger partial charge in [-0.25, -0.2) is 0 Å². The number of benzene rings is 2. The van der Waals surface area contributed by atoms with Crippen molar-refractivity contribution in [3.8, 4) is 6.07 Å². The van der Waals surface area contributed by atoms with E-state index in [2.05, 4.69) is 23.5 Å². The van der Waals surface area contributed by atoms with Crippen LogP contribution in [-0.2, 0) is 0 Å². The van der Waals surface area contributed by atoms with Gasteiger partial charge >= 0.3 is 0 Å². The number of hydrazone groups is 1. The number of rotatable bonds is 3. The van der Waals surface area contributed by atoms with Gasteiger partial charge in [-0.2, -0.15) is 10.4 Å². The van der Waals surface area contributed by atoms with Crippen LogP contribution in [0.4, 0.5) is 5.69 Å². The van der Waals surface area contributed by atoms with Crippen LogP contribution in [0.15, 0.2) is 53.6 Å². The fourth-order valence-electron chi connectivity index (χ4n) is 1.63. The Kier molecular flexibility index (Phi) is 3.94. The lowest BCUT2D eigenvalue weighted by atomic mass is 10.1. The van der Waals surface area contributed by atoms with Crippen molar-refractivity contribution in [1.29, 1.82) is 5.26 Å². The number of aryl methyl sites for hydroxylation is 1. The van der Waals surface area contributed by atoms with E-state index in [-0.39, 0.29) is 0 Å². The molecule has 0 unspecified atom stereocenters. The molecular formula is C16H15N3. The molecule has 2 rings (SSSR count). The van der Waals surface area contributed by atoms with Gasteiger partial charge < -0.3 is 0 Å². The van der Waals surface area contributed by atoms with Crippen LogP contribution in [0.5, 0.6) is 0 Å². The molecule has 19 heavy (non-hydrogen) atoms. The molecule has 0 radical (unpaired) electrons. The van der Waals surface area contributed by atoms with E-state index in [0.717, 1.165) is 17.0 Å². The highest BCUT2D eigenvalue weighted by molar-refractivity contribution is 5.99. The quantitative estimate of drug-likeness (QED) is 0.666. The third-order valence-electron chi connectivity index (χ3n) is 2.84. The normalized spacial score (nSPS) is 10.9. The minimum atomic E-state index is 0.656. The molecule has 1 N–H and O–H groups in total. The Morgan fingerprint density at radius 3 is 2.26 bits per heavy atom. The van der Waals surface area contributed by atoms with Gasteiger partial charge in [-0.1, -0.05) is 29.8 Å². The molecule has 3 heteroatoms.